The van der Waals surface area contributed by atoms with Crippen LogP contribution in [0.1, 0.15) is 5.69 Å². The number of aliphatic hydroxyl groups is 2. The second kappa shape index (κ2) is 6.06. The van der Waals surface area contributed by atoms with Gasteiger partial charge in [0.25, 0.3) is 0 Å². The van der Waals surface area contributed by atoms with Gasteiger partial charge in [-0.1, -0.05) is 11.6 Å². The molecule has 0 saturated carbocycles. The van der Waals surface area contributed by atoms with Crippen LogP contribution in [-0.2, 0) is 0 Å². The highest BCUT2D eigenvalue weighted by Gasteiger charge is 2.05. The first-order valence-corrected chi connectivity index (χ1v) is 6.33. The number of nitrogens with one attached hydrogen (secondary N) is 1. The van der Waals surface area contributed by atoms with E-state index in [0.717, 1.165) is 17.1 Å². The number of nitrogens with zero attached hydrogens (tertiary/aromatic N) is 2. The molecule has 1 atom stereocenters. The molecule has 0 spiro atoms. The van der Waals surface area contributed by atoms with Crippen molar-refractivity contribution in [1.82, 2.24) is 9.78 Å². The maximum absolute atomic E-state index is 9.25. The Morgan fingerprint density at radius 2 is 2.05 bits per heavy atom. The topological polar surface area (TPSA) is 70.3 Å². The lowest BCUT2D eigenvalue weighted by Crippen LogP contribution is -2.22. The number of benzene rings is 1. The smallest absolute Gasteiger partial charge is 0.133 e. The second-order valence-electron chi connectivity index (χ2n) is 4.28. The number of hydrogen-bond donors (Lipinski definition) is 3. The van der Waals surface area contributed by atoms with Gasteiger partial charge in [-0.2, -0.15) is 5.10 Å². The zero-order valence-electron chi connectivity index (χ0n) is 10.5. The van der Waals surface area contributed by atoms with Crippen molar-refractivity contribution < 1.29 is 10.2 Å². The number of halogens is 1. The molecule has 0 saturated heterocycles. The van der Waals surface area contributed by atoms with Gasteiger partial charge >= 0.3 is 0 Å². The van der Waals surface area contributed by atoms with E-state index in [1.807, 2.05) is 31.2 Å². The molecule has 19 heavy (non-hydrogen) atoms. The predicted molar refractivity (Wildman–Crippen MR) is 74.9 cm³/mol. The van der Waals surface area contributed by atoms with E-state index in [9.17, 15) is 5.11 Å². The highest BCUT2D eigenvalue weighted by atomic mass is 35.5. The van der Waals surface area contributed by atoms with Gasteiger partial charge in [0, 0.05) is 12.2 Å². The fraction of sp³-hybridized carbons (Fsp3) is 0.308. The summed E-state index contributed by atoms with van der Waals surface area (Å²) in [4.78, 5) is 0. The van der Waals surface area contributed by atoms with E-state index in [2.05, 4.69) is 10.4 Å². The van der Waals surface area contributed by atoms with Gasteiger partial charge in [0.15, 0.2) is 0 Å². The van der Waals surface area contributed by atoms with Gasteiger partial charge in [0.1, 0.15) is 5.15 Å². The van der Waals surface area contributed by atoms with Gasteiger partial charge in [-0.25, -0.2) is 4.68 Å². The maximum Gasteiger partial charge on any atom is 0.133 e. The molecule has 0 bridgehead atoms. The van der Waals surface area contributed by atoms with E-state index >= 15 is 0 Å². The Kier molecular flexibility index (Phi) is 4.42. The maximum atomic E-state index is 9.25. The minimum Gasteiger partial charge on any atom is -0.394 e. The molecule has 0 radical (unpaired) electrons. The molecular weight excluding hydrogens is 266 g/mol. The lowest BCUT2D eigenvalue weighted by Gasteiger charge is -2.11. The monoisotopic (exact) mass is 281 g/mol. The summed E-state index contributed by atoms with van der Waals surface area (Å²) in [6.07, 6.45) is -0.761. The van der Waals surface area contributed by atoms with Crippen LogP contribution in [0.4, 0.5) is 5.69 Å². The Balaban J connectivity index is 2.08. The van der Waals surface area contributed by atoms with Crippen molar-refractivity contribution in [1.29, 1.82) is 0 Å². The molecule has 1 heterocycles. The Hall–Kier alpha value is -1.56. The first-order valence-electron chi connectivity index (χ1n) is 5.95. The summed E-state index contributed by atoms with van der Waals surface area (Å²) in [7, 11) is 0. The summed E-state index contributed by atoms with van der Waals surface area (Å²) in [5.74, 6) is 0. The van der Waals surface area contributed by atoms with Crippen molar-refractivity contribution in [2.75, 3.05) is 18.5 Å². The van der Waals surface area contributed by atoms with Gasteiger partial charge < -0.3 is 15.5 Å². The average Bonchev–Trinajstić information content (AvgIpc) is 2.75. The molecule has 1 unspecified atom stereocenters. The first kappa shape index (κ1) is 13.9. The molecule has 102 valence electrons. The number of aryl methyl sites for hydroxylation is 1. The van der Waals surface area contributed by atoms with E-state index < -0.39 is 6.10 Å². The number of hydrogen-bond acceptors (Lipinski definition) is 4. The second-order valence-corrected chi connectivity index (χ2v) is 4.67. The SMILES string of the molecule is Cc1cc(Cl)n(-c2ccc(NCC(O)CO)cc2)n1. The molecular formula is C13H16ClN3O2. The Bertz CT molecular complexity index is 539. The fourth-order valence-corrected chi connectivity index (χ4v) is 1.96. The normalized spacial score (nSPS) is 12.4. The molecule has 3 N–H and O–H groups in total. The van der Waals surface area contributed by atoms with Crippen molar-refractivity contribution in [2.24, 2.45) is 0 Å². The predicted octanol–water partition coefficient (Wildman–Crippen LogP) is 1.60. The third-order valence-electron chi connectivity index (χ3n) is 2.65. The highest BCUT2D eigenvalue weighted by Crippen LogP contribution is 2.18. The molecule has 6 heteroatoms. The Morgan fingerprint density at radius 3 is 2.58 bits per heavy atom. The summed E-state index contributed by atoms with van der Waals surface area (Å²) in [5, 5.41) is 25.8. The van der Waals surface area contributed by atoms with Crippen molar-refractivity contribution >= 4 is 17.3 Å². The van der Waals surface area contributed by atoms with E-state index in [1.54, 1.807) is 10.7 Å². The Labute approximate surface area is 116 Å². The molecule has 0 fully saturated rings. The minimum absolute atomic E-state index is 0.257. The number of anilines is 1. The summed E-state index contributed by atoms with van der Waals surface area (Å²) >= 11 is 6.06. The Morgan fingerprint density at radius 1 is 1.37 bits per heavy atom. The average molecular weight is 282 g/mol. The molecule has 5 nitrogen and oxygen atoms in total. The standard InChI is InChI=1S/C13H16ClN3O2/c1-9-6-13(14)17(16-9)11-4-2-10(3-5-11)15-7-12(19)8-18/h2-6,12,15,18-19H,7-8H2,1H3. The molecule has 2 aromatic rings. The summed E-state index contributed by atoms with van der Waals surface area (Å²) in [6.45, 7) is 1.93. The van der Waals surface area contributed by atoms with E-state index in [1.165, 1.54) is 0 Å². The van der Waals surface area contributed by atoms with Gasteiger partial charge in [-0.15, -0.1) is 0 Å². The van der Waals surface area contributed by atoms with E-state index in [4.69, 9.17) is 16.7 Å². The molecule has 2 rings (SSSR count). The van der Waals surface area contributed by atoms with Crippen LogP contribution < -0.4 is 5.32 Å². The van der Waals surface area contributed by atoms with Gasteiger partial charge in [0.2, 0.25) is 0 Å². The van der Waals surface area contributed by atoms with Crippen molar-refractivity contribution in [3.8, 4) is 5.69 Å². The summed E-state index contributed by atoms with van der Waals surface area (Å²) in [6, 6.07) is 9.29. The van der Waals surface area contributed by atoms with Crippen molar-refractivity contribution in [3.05, 3.63) is 41.2 Å². The van der Waals surface area contributed by atoms with E-state index in [0.29, 0.717) is 11.7 Å². The van der Waals surface area contributed by atoms with E-state index in [-0.39, 0.29) is 6.61 Å². The third kappa shape index (κ3) is 3.47. The number of aromatic nitrogens is 2. The zero-order chi connectivity index (χ0) is 13.8. The number of aliphatic hydroxyl groups excluding tert-OH is 2. The molecule has 0 aliphatic rings. The zero-order valence-corrected chi connectivity index (χ0v) is 11.3. The highest BCUT2D eigenvalue weighted by molar-refractivity contribution is 6.29. The van der Waals surface area contributed by atoms with Gasteiger partial charge in [-0.05, 0) is 37.3 Å². The third-order valence-corrected chi connectivity index (χ3v) is 2.92. The van der Waals surface area contributed by atoms with Gasteiger partial charge in [0.05, 0.1) is 24.1 Å². The molecule has 0 amide bonds. The minimum atomic E-state index is -0.761. The largest absolute Gasteiger partial charge is 0.394 e. The summed E-state index contributed by atoms with van der Waals surface area (Å²) < 4.78 is 1.66. The van der Waals surface area contributed by atoms with Crippen LogP contribution in [-0.4, -0.2) is 39.2 Å². The van der Waals surface area contributed by atoms with Crippen LogP contribution in [0, 0.1) is 6.92 Å². The fourth-order valence-electron chi connectivity index (χ4n) is 1.67. The lowest BCUT2D eigenvalue weighted by atomic mass is 10.2. The number of rotatable bonds is 5. The van der Waals surface area contributed by atoms with Crippen molar-refractivity contribution in [3.63, 3.8) is 0 Å². The quantitative estimate of drug-likeness (QED) is 0.779. The first-order chi connectivity index (χ1) is 9.10. The van der Waals surface area contributed by atoms with Crippen LogP contribution in [0.2, 0.25) is 5.15 Å². The molecule has 0 aliphatic carbocycles. The summed E-state index contributed by atoms with van der Waals surface area (Å²) in [5.41, 5.74) is 2.58. The van der Waals surface area contributed by atoms with Crippen LogP contribution in [0.15, 0.2) is 30.3 Å². The van der Waals surface area contributed by atoms with Crippen LogP contribution in [0.25, 0.3) is 5.69 Å². The van der Waals surface area contributed by atoms with Crippen LogP contribution in [0.3, 0.4) is 0 Å². The van der Waals surface area contributed by atoms with Gasteiger partial charge in [-0.3, -0.25) is 0 Å². The van der Waals surface area contributed by atoms with Crippen LogP contribution in [0.5, 0.6) is 0 Å². The lowest BCUT2D eigenvalue weighted by molar-refractivity contribution is 0.105. The van der Waals surface area contributed by atoms with Crippen molar-refractivity contribution in [2.45, 2.75) is 13.0 Å². The molecule has 1 aromatic carbocycles. The molecule has 1 aromatic heterocycles. The van der Waals surface area contributed by atoms with Crippen LogP contribution >= 0.6 is 11.6 Å². The molecule has 0 aliphatic heterocycles.